The van der Waals surface area contributed by atoms with Crippen LogP contribution in [0.25, 0.3) is 0 Å². The Morgan fingerprint density at radius 2 is 2.20 bits per heavy atom. The zero-order valence-electron chi connectivity index (χ0n) is 3.44. The van der Waals surface area contributed by atoms with E-state index in [2.05, 4.69) is 15.8 Å². The Hall–Kier alpha value is 0.387. The highest BCUT2D eigenvalue weighted by atomic mass is 31.0. The van der Waals surface area contributed by atoms with Gasteiger partial charge in [0.25, 0.3) is 0 Å². The van der Waals surface area contributed by atoms with Gasteiger partial charge in [-0.1, -0.05) is 6.08 Å². The van der Waals surface area contributed by atoms with E-state index in [1.54, 1.807) is 0 Å². The second-order valence-corrected chi connectivity index (χ2v) is 4.81. The summed E-state index contributed by atoms with van der Waals surface area (Å²) in [5, 5.41) is 0.704. The van der Waals surface area contributed by atoms with Crippen molar-refractivity contribution in [3.8, 4) is 0 Å². The quantitative estimate of drug-likeness (QED) is 0.244. The third-order valence-electron chi connectivity index (χ3n) is 0.372. The smallest absolute Gasteiger partial charge is 0.0163 e. The first kappa shape index (κ1) is 5.39. The van der Waals surface area contributed by atoms with Gasteiger partial charge in [0.1, 0.15) is 0 Å². The molecule has 2 atom stereocenters. The van der Waals surface area contributed by atoms with Crippen molar-refractivity contribution in [3.05, 3.63) is 12.7 Å². The Morgan fingerprint density at radius 1 is 2.00 bits per heavy atom. The predicted octanol–water partition coefficient (Wildman–Crippen LogP) is -0.261. The molecule has 0 aromatic rings. The highest BCUT2D eigenvalue weighted by Gasteiger charge is 1.74. The lowest BCUT2D eigenvalue weighted by Gasteiger charge is -1.84. The molecule has 0 radical (unpaired) electrons. The van der Waals surface area contributed by atoms with Crippen LogP contribution in [0.1, 0.15) is 0 Å². The van der Waals surface area contributed by atoms with Crippen LogP contribution in [0.2, 0.25) is 0 Å². The molecule has 0 bridgehead atoms. The van der Waals surface area contributed by atoms with Crippen LogP contribution in [0.3, 0.4) is 0 Å². The molecule has 0 amide bonds. The molecule has 0 heterocycles. The Morgan fingerprint density at radius 3 is 2.20 bits per heavy atom. The molecular weight excluding hydrogens is 95.1 g/mol. The molecular formula is C3H9PSi. The summed E-state index contributed by atoms with van der Waals surface area (Å²) in [6.07, 6.45) is 1.94. The highest BCUT2D eigenvalue weighted by Crippen LogP contribution is 1.89. The third-order valence-corrected chi connectivity index (χ3v) is 1.12. The van der Waals surface area contributed by atoms with E-state index in [1.807, 2.05) is 6.08 Å². The molecule has 0 rings (SSSR count). The molecule has 2 heteroatoms. The van der Waals surface area contributed by atoms with Crippen LogP contribution in [0.5, 0.6) is 0 Å². The SMILES string of the molecule is C=CC([SiH3])P. The van der Waals surface area contributed by atoms with E-state index >= 15 is 0 Å². The van der Waals surface area contributed by atoms with Gasteiger partial charge in [0.15, 0.2) is 0 Å². The van der Waals surface area contributed by atoms with Crippen molar-refractivity contribution in [2.75, 3.05) is 0 Å². The van der Waals surface area contributed by atoms with E-state index in [1.165, 1.54) is 10.2 Å². The van der Waals surface area contributed by atoms with Crippen LogP contribution in [0, 0.1) is 0 Å². The Bertz CT molecular complexity index is 33.9. The summed E-state index contributed by atoms with van der Waals surface area (Å²) in [5.41, 5.74) is 0. The molecule has 0 saturated heterocycles. The van der Waals surface area contributed by atoms with E-state index in [0.29, 0.717) is 5.28 Å². The second kappa shape index (κ2) is 2.61. The lowest BCUT2D eigenvalue weighted by molar-refractivity contribution is 1.66. The number of hydrogen-bond donors (Lipinski definition) is 0. The average Bonchev–Trinajstić information content (AvgIpc) is 1.38. The van der Waals surface area contributed by atoms with Gasteiger partial charge in [-0.3, -0.25) is 0 Å². The van der Waals surface area contributed by atoms with Gasteiger partial charge < -0.3 is 0 Å². The minimum absolute atomic E-state index is 0.704. The van der Waals surface area contributed by atoms with Crippen LogP contribution in [0.4, 0.5) is 0 Å². The minimum atomic E-state index is 0.704. The molecule has 0 aliphatic rings. The summed E-state index contributed by atoms with van der Waals surface area (Å²) >= 11 is 0. The summed E-state index contributed by atoms with van der Waals surface area (Å²) in [5.74, 6) is 0. The van der Waals surface area contributed by atoms with Gasteiger partial charge in [0.2, 0.25) is 0 Å². The van der Waals surface area contributed by atoms with Crippen molar-refractivity contribution in [2.24, 2.45) is 0 Å². The molecule has 0 aliphatic heterocycles. The maximum atomic E-state index is 3.57. The standard InChI is InChI=1S/C3H9PSi/c1-2-3(4)5/h2-3H,1,4H2,5H3. The lowest BCUT2D eigenvalue weighted by Crippen LogP contribution is -1.84. The van der Waals surface area contributed by atoms with Gasteiger partial charge in [-0.2, -0.15) is 0 Å². The highest BCUT2D eigenvalue weighted by molar-refractivity contribution is 7.21. The van der Waals surface area contributed by atoms with Gasteiger partial charge >= 0.3 is 0 Å². The van der Waals surface area contributed by atoms with E-state index in [9.17, 15) is 0 Å². The largest absolute Gasteiger partial charge is 0.134 e. The van der Waals surface area contributed by atoms with Gasteiger partial charge in [-0.05, 0) is 5.28 Å². The van der Waals surface area contributed by atoms with Crippen LogP contribution in [0.15, 0.2) is 12.7 Å². The summed E-state index contributed by atoms with van der Waals surface area (Å²) in [4.78, 5) is 0. The molecule has 0 nitrogen and oxygen atoms in total. The van der Waals surface area contributed by atoms with Crippen LogP contribution in [-0.2, 0) is 0 Å². The van der Waals surface area contributed by atoms with E-state index in [0.717, 1.165) is 0 Å². The Labute approximate surface area is 38.3 Å². The summed E-state index contributed by atoms with van der Waals surface area (Å²) in [7, 11) is 3.89. The van der Waals surface area contributed by atoms with Crippen LogP contribution >= 0.6 is 9.24 Å². The van der Waals surface area contributed by atoms with E-state index in [4.69, 9.17) is 0 Å². The topological polar surface area (TPSA) is 0 Å². The predicted molar refractivity (Wildman–Crippen MR) is 33.6 cm³/mol. The van der Waals surface area contributed by atoms with Crippen molar-refractivity contribution >= 4 is 19.5 Å². The Balaban J connectivity index is 2.83. The van der Waals surface area contributed by atoms with Crippen molar-refractivity contribution in [2.45, 2.75) is 5.28 Å². The molecule has 0 aromatic carbocycles. The molecule has 0 aliphatic carbocycles. The molecule has 0 saturated carbocycles. The summed E-state index contributed by atoms with van der Waals surface area (Å²) < 4.78 is 0. The number of rotatable bonds is 1. The van der Waals surface area contributed by atoms with E-state index in [-0.39, 0.29) is 0 Å². The molecule has 30 valence electrons. The maximum absolute atomic E-state index is 3.57. The molecule has 5 heavy (non-hydrogen) atoms. The van der Waals surface area contributed by atoms with Gasteiger partial charge in [-0.15, -0.1) is 15.8 Å². The lowest BCUT2D eigenvalue weighted by atomic mass is 10.7. The van der Waals surface area contributed by atoms with Gasteiger partial charge in [0, 0.05) is 10.2 Å². The number of hydrogen-bond acceptors (Lipinski definition) is 0. The molecule has 0 aromatic heterocycles. The zero-order valence-corrected chi connectivity index (χ0v) is 6.59. The van der Waals surface area contributed by atoms with Gasteiger partial charge in [-0.25, -0.2) is 0 Å². The minimum Gasteiger partial charge on any atom is -0.134 e. The first-order valence-corrected chi connectivity index (χ1v) is 3.47. The summed E-state index contributed by atoms with van der Waals surface area (Å²) in [6, 6.07) is 0. The van der Waals surface area contributed by atoms with Crippen molar-refractivity contribution < 1.29 is 0 Å². The van der Waals surface area contributed by atoms with Crippen LogP contribution < -0.4 is 0 Å². The fraction of sp³-hybridized carbons (Fsp3) is 0.333. The monoisotopic (exact) mass is 104 g/mol. The normalized spacial score (nSPS) is 14.6. The maximum Gasteiger partial charge on any atom is 0.0163 e. The third kappa shape index (κ3) is 4.39. The average molecular weight is 104 g/mol. The van der Waals surface area contributed by atoms with Crippen LogP contribution in [-0.4, -0.2) is 15.5 Å². The van der Waals surface area contributed by atoms with E-state index < -0.39 is 0 Å². The molecule has 0 fully saturated rings. The molecule has 2 unspecified atom stereocenters. The van der Waals surface area contributed by atoms with Crippen molar-refractivity contribution in [1.29, 1.82) is 0 Å². The molecule has 0 N–H and O–H groups in total. The van der Waals surface area contributed by atoms with Crippen molar-refractivity contribution in [1.82, 2.24) is 0 Å². The fourth-order valence-electron chi connectivity index (χ4n) is 0. The fourth-order valence-corrected chi connectivity index (χ4v) is 0. The second-order valence-electron chi connectivity index (χ2n) is 1.09. The first-order chi connectivity index (χ1) is 2.27. The zero-order chi connectivity index (χ0) is 4.28. The summed E-state index contributed by atoms with van der Waals surface area (Å²) in [6.45, 7) is 3.57. The van der Waals surface area contributed by atoms with Crippen molar-refractivity contribution in [3.63, 3.8) is 0 Å². The first-order valence-electron chi connectivity index (χ1n) is 1.65. The Kier molecular flexibility index (Phi) is 2.82. The molecule has 0 spiro atoms. The number of allylic oxidation sites excluding steroid dienone is 1. The van der Waals surface area contributed by atoms with Gasteiger partial charge in [0.05, 0.1) is 0 Å².